The summed E-state index contributed by atoms with van der Waals surface area (Å²) >= 11 is 0. The molecule has 0 unspecified atom stereocenters. The van der Waals surface area contributed by atoms with Crippen molar-refractivity contribution in [2.75, 3.05) is 45.8 Å². The molecule has 5 heteroatoms. The van der Waals surface area contributed by atoms with Gasteiger partial charge >= 0.3 is 0 Å². The molecule has 0 spiro atoms. The van der Waals surface area contributed by atoms with Crippen molar-refractivity contribution in [2.24, 2.45) is 0 Å². The average molecular weight is 276 g/mol. The molecule has 2 saturated heterocycles. The van der Waals surface area contributed by atoms with Crippen LogP contribution in [0.5, 0.6) is 0 Å². The van der Waals surface area contributed by atoms with Gasteiger partial charge in [-0.05, 0) is 25.8 Å². The fraction of sp³-hybridized carbons (Fsp3) is 0.733. The van der Waals surface area contributed by atoms with Crippen molar-refractivity contribution in [1.82, 2.24) is 14.7 Å². The number of hydrogen-bond donors (Lipinski definition) is 0. The third-order valence-corrected chi connectivity index (χ3v) is 4.16. The average Bonchev–Trinajstić information content (AvgIpc) is 2.53. The predicted molar refractivity (Wildman–Crippen MR) is 77.8 cm³/mol. The van der Waals surface area contributed by atoms with Crippen molar-refractivity contribution >= 4 is 5.91 Å². The number of nitriles is 1. The number of likely N-dealkylation sites (N-methyl/N-ethyl adjacent to an activating group) is 1. The zero-order valence-electron chi connectivity index (χ0n) is 12.3. The molecule has 0 aliphatic carbocycles. The van der Waals surface area contributed by atoms with E-state index in [0.717, 1.165) is 58.7 Å². The molecule has 0 atom stereocenters. The van der Waals surface area contributed by atoms with Crippen molar-refractivity contribution in [3.63, 3.8) is 0 Å². The van der Waals surface area contributed by atoms with Crippen molar-refractivity contribution in [3.8, 4) is 6.07 Å². The molecule has 2 aliphatic rings. The minimum Gasteiger partial charge on any atom is -0.374 e. The smallest absolute Gasteiger partial charge is 0.266 e. The third kappa shape index (κ3) is 3.73. The highest BCUT2D eigenvalue weighted by atomic mass is 16.2. The Balaban J connectivity index is 1.95. The van der Waals surface area contributed by atoms with E-state index in [4.69, 9.17) is 0 Å². The van der Waals surface area contributed by atoms with Crippen LogP contribution >= 0.6 is 0 Å². The summed E-state index contributed by atoms with van der Waals surface area (Å²) < 4.78 is 0. The SMILES string of the molecule is CCN1CCN(/C=C(/C#N)C(=O)N2CCCCC2)CC1. The minimum atomic E-state index is -0.0925. The summed E-state index contributed by atoms with van der Waals surface area (Å²) in [5, 5.41) is 9.25. The second-order valence-electron chi connectivity index (χ2n) is 5.48. The van der Waals surface area contributed by atoms with Gasteiger partial charge in [0.05, 0.1) is 0 Å². The van der Waals surface area contributed by atoms with Crippen LogP contribution in [-0.2, 0) is 4.79 Å². The third-order valence-electron chi connectivity index (χ3n) is 4.16. The largest absolute Gasteiger partial charge is 0.374 e. The number of hydrogen-bond acceptors (Lipinski definition) is 4. The molecule has 2 rings (SSSR count). The second kappa shape index (κ2) is 7.30. The lowest BCUT2D eigenvalue weighted by atomic mass is 10.1. The highest BCUT2D eigenvalue weighted by molar-refractivity contribution is 5.97. The van der Waals surface area contributed by atoms with Crippen LogP contribution in [0.2, 0.25) is 0 Å². The Labute approximate surface area is 121 Å². The Bertz CT molecular complexity index is 399. The molecular formula is C15H24N4O. The second-order valence-corrected chi connectivity index (χ2v) is 5.48. The summed E-state index contributed by atoms with van der Waals surface area (Å²) in [5.41, 5.74) is 0.289. The van der Waals surface area contributed by atoms with Gasteiger partial charge in [0.15, 0.2) is 0 Å². The number of carbonyl (C=O) groups is 1. The van der Waals surface area contributed by atoms with Crippen LogP contribution < -0.4 is 0 Å². The van der Waals surface area contributed by atoms with Gasteiger partial charge in [0.2, 0.25) is 0 Å². The van der Waals surface area contributed by atoms with E-state index in [1.165, 1.54) is 6.42 Å². The van der Waals surface area contributed by atoms with Crippen molar-refractivity contribution < 1.29 is 4.79 Å². The maximum absolute atomic E-state index is 12.3. The quantitative estimate of drug-likeness (QED) is 0.571. The highest BCUT2D eigenvalue weighted by Crippen LogP contribution is 2.13. The number of likely N-dealkylation sites (tertiary alicyclic amines) is 1. The molecule has 0 aromatic carbocycles. The topological polar surface area (TPSA) is 50.6 Å². The molecule has 5 nitrogen and oxygen atoms in total. The summed E-state index contributed by atoms with van der Waals surface area (Å²) in [4.78, 5) is 18.6. The van der Waals surface area contributed by atoms with E-state index in [-0.39, 0.29) is 11.5 Å². The zero-order chi connectivity index (χ0) is 14.4. The molecule has 0 bridgehead atoms. The van der Waals surface area contributed by atoms with E-state index in [1.807, 2.05) is 4.90 Å². The first-order valence-corrected chi connectivity index (χ1v) is 7.62. The van der Waals surface area contributed by atoms with Gasteiger partial charge in [-0.15, -0.1) is 0 Å². The van der Waals surface area contributed by atoms with Crippen LogP contribution in [0.3, 0.4) is 0 Å². The Morgan fingerprint density at radius 2 is 1.75 bits per heavy atom. The lowest BCUT2D eigenvalue weighted by molar-refractivity contribution is -0.127. The van der Waals surface area contributed by atoms with E-state index in [1.54, 1.807) is 6.20 Å². The number of amides is 1. The number of rotatable bonds is 3. The van der Waals surface area contributed by atoms with Crippen molar-refractivity contribution in [3.05, 3.63) is 11.8 Å². The first-order chi connectivity index (χ1) is 9.74. The lowest BCUT2D eigenvalue weighted by Gasteiger charge is -2.33. The van der Waals surface area contributed by atoms with Gasteiger partial charge in [0, 0.05) is 45.5 Å². The first-order valence-electron chi connectivity index (χ1n) is 7.62. The summed E-state index contributed by atoms with van der Waals surface area (Å²) in [6, 6.07) is 2.09. The van der Waals surface area contributed by atoms with Gasteiger partial charge < -0.3 is 14.7 Å². The Kier molecular flexibility index (Phi) is 5.42. The molecule has 2 fully saturated rings. The van der Waals surface area contributed by atoms with E-state index in [0.29, 0.717) is 0 Å². The van der Waals surface area contributed by atoms with Crippen LogP contribution in [0.1, 0.15) is 26.2 Å². The maximum Gasteiger partial charge on any atom is 0.266 e. The molecule has 0 N–H and O–H groups in total. The molecule has 0 saturated carbocycles. The van der Waals surface area contributed by atoms with Crippen LogP contribution in [-0.4, -0.2) is 66.4 Å². The molecule has 0 radical (unpaired) electrons. The lowest BCUT2D eigenvalue weighted by Crippen LogP contribution is -2.44. The van der Waals surface area contributed by atoms with Gasteiger partial charge in [-0.1, -0.05) is 6.92 Å². The Morgan fingerprint density at radius 1 is 1.10 bits per heavy atom. The molecule has 2 aliphatic heterocycles. The monoisotopic (exact) mass is 276 g/mol. The van der Waals surface area contributed by atoms with E-state index < -0.39 is 0 Å². The van der Waals surface area contributed by atoms with Gasteiger partial charge in [-0.3, -0.25) is 4.79 Å². The summed E-state index contributed by atoms with van der Waals surface area (Å²) in [6.07, 6.45) is 5.07. The molecule has 20 heavy (non-hydrogen) atoms. The summed E-state index contributed by atoms with van der Waals surface area (Å²) in [7, 11) is 0. The van der Waals surface area contributed by atoms with Gasteiger partial charge in [-0.2, -0.15) is 5.26 Å². The number of piperidine rings is 1. The van der Waals surface area contributed by atoms with Crippen molar-refractivity contribution in [2.45, 2.75) is 26.2 Å². The van der Waals surface area contributed by atoms with Crippen LogP contribution in [0.25, 0.3) is 0 Å². The summed E-state index contributed by atoms with van der Waals surface area (Å²) in [6.45, 7) is 8.61. The number of piperazine rings is 1. The van der Waals surface area contributed by atoms with E-state index in [2.05, 4.69) is 22.8 Å². The molecule has 0 aromatic heterocycles. The molecule has 1 amide bonds. The molecule has 0 aromatic rings. The minimum absolute atomic E-state index is 0.0925. The van der Waals surface area contributed by atoms with E-state index >= 15 is 0 Å². The van der Waals surface area contributed by atoms with Gasteiger partial charge in [-0.25, -0.2) is 0 Å². The number of carbonyl (C=O) groups excluding carboxylic acids is 1. The number of nitrogens with zero attached hydrogens (tertiary/aromatic N) is 4. The van der Waals surface area contributed by atoms with Crippen LogP contribution in [0.4, 0.5) is 0 Å². The highest BCUT2D eigenvalue weighted by Gasteiger charge is 2.22. The normalized spacial score (nSPS) is 21.7. The standard InChI is InChI=1S/C15H24N4O/c1-2-17-8-10-18(11-9-17)13-14(12-16)15(20)19-6-4-3-5-7-19/h13H,2-11H2,1H3/b14-13-. The van der Waals surface area contributed by atoms with Gasteiger partial charge in [0.25, 0.3) is 5.91 Å². The van der Waals surface area contributed by atoms with Crippen LogP contribution in [0.15, 0.2) is 11.8 Å². The van der Waals surface area contributed by atoms with Gasteiger partial charge in [0.1, 0.15) is 11.6 Å². The summed E-state index contributed by atoms with van der Waals surface area (Å²) in [5.74, 6) is -0.0925. The van der Waals surface area contributed by atoms with Crippen molar-refractivity contribution in [1.29, 1.82) is 5.26 Å². The molecule has 2 heterocycles. The molecular weight excluding hydrogens is 252 g/mol. The zero-order valence-corrected chi connectivity index (χ0v) is 12.3. The fourth-order valence-corrected chi connectivity index (χ4v) is 2.79. The maximum atomic E-state index is 12.3. The van der Waals surface area contributed by atoms with Crippen LogP contribution in [0, 0.1) is 11.3 Å². The Morgan fingerprint density at radius 3 is 2.30 bits per heavy atom. The van der Waals surface area contributed by atoms with E-state index in [9.17, 15) is 10.1 Å². The fourth-order valence-electron chi connectivity index (χ4n) is 2.79. The Hall–Kier alpha value is -1.54. The predicted octanol–water partition coefficient (Wildman–Crippen LogP) is 1.04. The molecule has 110 valence electrons. The first kappa shape index (κ1) is 14.9.